The SMILES string of the molecule is CCOc1ccc2c(Cc3ccc(OC)c(OC)c3OC)cncc2c1N. The van der Waals surface area contributed by atoms with E-state index in [0.717, 1.165) is 21.9 Å². The second-order valence-electron chi connectivity index (χ2n) is 5.97. The number of nitrogens with two attached hydrogens (primary N) is 1. The van der Waals surface area contributed by atoms with E-state index < -0.39 is 0 Å². The minimum absolute atomic E-state index is 0.561. The molecular weight excluding hydrogens is 344 g/mol. The molecule has 1 heterocycles. The summed E-state index contributed by atoms with van der Waals surface area (Å²) in [7, 11) is 4.82. The monoisotopic (exact) mass is 368 g/mol. The summed E-state index contributed by atoms with van der Waals surface area (Å²) in [6, 6.07) is 7.76. The van der Waals surface area contributed by atoms with E-state index in [1.165, 1.54) is 0 Å². The van der Waals surface area contributed by atoms with E-state index in [1.54, 1.807) is 27.5 Å². The van der Waals surface area contributed by atoms with Crippen molar-refractivity contribution in [3.05, 3.63) is 47.8 Å². The lowest BCUT2D eigenvalue weighted by atomic mass is 9.99. The van der Waals surface area contributed by atoms with Crippen molar-refractivity contribution in [3.8, 4) is 23.0 Å². The largest absolute Gasteiger partial charge is 0.493 e. The molecule has 0 saturated carbocycles. The van der Waals surface area contributed by atoms with Gasteiger partial charge in [-0.1, -0.05) is 12.1 Å². The van der Waals surface area contributed by atoms with Gasteiger partial charge in [-0.15, -0.1) is 0 Å². The van der Waals surface area contributed by atoms with Crippen LogP contribution >= 0.6 is 0 Å². The van der Waals surface area contributed by atoms with Gasteiger partial charge in [0.15, 0.2) is 11.5 Å². The Balaban J connectivity index is 2.09. The number of hydrogen-bond acceptors (Lipinski definition) is 6. The van der Waals surface area contributed by atoms with Crippen LogP contribution in [0.4, 0.5) is 5.69 Å². The van der Waals surface area contributed by atoms with Gasteiger partial charge in [0.05, 0.1) is 33.6 Å². The highest BCUT2D eigenvalue weighted by Gasteiger charge is 2.17. The predicted molar refractivity (Wildman–Crippen MR) is 106 cm³/mol. The summed E-state index contributed by atoms with van der Waals surface area (Å²) in [5, 5.41) is 1.90. The van der Waals surface area contributed by atoms with E-state index in [-0.39, 0.29) is 0 Å². The van der Waals surface area contributed by atoms with Crippen molar-refractivity contribution in [2.45, 2.75) is 13.3 Å². The maximum Gasteiger partial charge on any atom is 0.203 e. The molecule has 0 aliphatic carbocycles. The molecule has 0 bridgehead atoms. The Morgan fingerprint density at radius 1 is 0.815 bits per heavy atom. The van der Waals surface area contributed by atoms with Crippen LogP contribution in [0.3, 0.4) is 0 Å². The molecular formula is C21H24N2O4. The van der Waals surface area contributed by atoms with E-state index in [2.05, 4.69) is 4.98 Å². The van der Waals surface area contributed by atoms with Gasteiger partial charge in [-0.3, -0.25) is 4.98 Å². The molecule has 2 N–H and O–H groups in total. The lowest BCUT2D eigenvalue weighted by Crippen LogP contribution is -2.01. The smallest absolute Gasteiger partial charge is 0.203 e. The van der Waals surface area contributed by atoms with Crippen LogP contribution in [0, 0.1) is 0 Å². The summed E-state index contributed by atoms with van der Waals surface area (Å²) in [6.07, 6.45) is 4.22. The molecule has 0 fully saturated rings. The van der Waals surface area contributed by atoms with Gasteiger partial charge in [-0.05, 0) is 30.0 Å². The number of pyridine rings is 1. The van der Waals surface area contributed by atoms with Crippen LogP contribution in [0.5, 0.6) is 23.0 Å². The third-order valence-corrected chi connectivity index (χ3v) is 4.49. The van der Waals surface area contributed by atoms with Crippen molar-refractivity contribution in [1.29, 1.82) is 0 Å². The van der Waals surface area contributed by atoms with E-state index in [0.29, 0.717) is 41.7 Å². The summed E-state index contributed by atoms with van der Waals surface area (Å²) in [5.41, 5.74) is 8.89. The Morgan fingerprint density at radius 2 is 1.56 bits per heavy atom. The first-order valence-electron chi connectivity index (χ1n) is 8.70. The molecule has 27 heavy (non-hydrogen) atoms. The molecule has 0 unspecified atom stereocenters. The number of fused-ring (bicyclic) bond motifs is 1. The molecule has 0 amide bonds. The number of rotatable bonds is 7. The molecule has 2 aromatic carbocycles. The van der Waals surface area contributed by atoms with Gasteiger partial charge >= 0.3 is 0 Å². The van der Waals surface area contributed by atoms with E-state index >= 15 is 0 Å². The minimum atomic E-state index is 0.561. The molecule has 0 aliphatic rings. The number of methoxy groups -OCH3 is 3. The Hall–Kier alpha value is -3.15. The fourth-order valence-electron chi connectivity index (χ4n) is 3.24. The highest BCUT2D eigenvalue weighted by Crippen LogP contribution is 2.41. The number of benzene rings is 2. The van der Waals surface area contributed by atoms with Crippen LogP contribution in [0.1, 0.15) is 18.1 Å². The van der Waals surface area contributed by atoms with Gasteiger partial charge in [-0.2, -0.15) is 0 Å². The highest BCUT2D eigenvalue weighted by atomic mass is 16.5. The van der Waals surface area contributed by atoms with Crippen molar-refractivity contribution in [2.75, 3.05) is 33.7 Å². The van der Waals surface area contributed by atoms with Crippen molar-refractivity contribution in [1.82, 2.24) is 4.98 Å². The first-order chi connectivity index (χ1) is 13.1. The maximum atomic E-state index is 6.28. The number of nitrogens with zero attached hydrogens (tertiary/aromatic N) is 1. The van der Waals surface area contributed by atoms with Crippen molar-refractivity contribution in [2.24, 2.45) is 0 Å². The van der Waals surface area contributed by atoms with Crippen LogP contribution in [0.15, 0.2) is 36.7 Å². The second-order valence-corrected chi connectivity index (χ2v) is 5.97. The second kappa shape index (κ2) is 8.03. The Kier molecular flexibility index (Phi) is 5.54. The molecule has 0 atom stereocenters. The molecule has 6 heteroatoms. The molecule has 3 aromatic rings. The molecule has 0 radical (unpaired) electrons. The lowest BCUT2D eigenvalue weighted by Gasteiger charge is -2.17. The lowest BCUT2D eigenvalue weighted by molar-refractivity contribution is 0.322. The zero-order chi connectivity index (χ0) is 19.4. The average molecular weight is 368 g/mol. The van der Waals surface area contributed by atoms with Gasteiger partial charge in [0.2, 0.25) is 5.75 Å². The Bertz CT molecular complexity index is 957. The Morgan fingerprint density at radius 3 is 2.22 bits per heavy atom. The van der Waals surface area contributed by atoms with E-state index in [9.17, 15) is 0 Å². The topological polar surface area (TPSA) is 75.8 Å². The fourth-order valence-corrected chi connectivity index (χ4v) is 3.24. The molecule has 0 spiro atoms. The summed E-state index contributed by atoms with van der Waals surface area (Å²) in [6.45, 7) is 2.49. The quantitative estimate of drug-likeness (QED) is 0.639. The van der Waals surface area contributed by atoms with Crippen LogP contribution in [-0.2, 0) is 6.42 Å². The van der Waals surface area contributed by atoms with Crippen LogP contribution < -0.4 is 24.7 Å². The van der Waals surface area contributed by atoms with Gasteiger partial charge in [0.25, 0.3) is 0 Å². The van der Waals surface area contributed by atoms with Crippen molar-refractivity contribution in [3.63, 3.8) is 0 Å². The van der Waals surface area contributed by atoms with Crippen LogP contribution in [0.25, 0.3) is 10.8 Å². The zero-order valence-electron chi connectivity index (χ0n) is 16.0. The first kappa shape index (κ1) is 18.6. The van der Waals surface area contributed by atoms with Gasteiger partial charge in [-0.25, -0.2) is 0 Å². The predicted octanol–water partition coefficient (Wildman–Crippen LogP) is 3.83. The maximum absolute atomic E-state index is 6.28. The third-order valence-electron chi connectivity index (χ3n) is 4.49. The van der Waals surface area contributed by atoms with Crippen LogP contribution in [0.2, 0.25) is 0 Å². The number of aromatic nitrogens is 1. The van der Waals surface area contributed by atoms with Crippen molar-refractivity contribution < 1.29 is 18.9 Å². The number of nitrogen functional groups attached to an aromatic ring is 1. The van der Waals surface area contributed by atoms with E-state index in [4.69, 9.17) is 24.7 Å². The average Bonchev–Trinajstić information content (AvgIpc) is 2.70. The van der Waals surface area contributed by atoms with Gasteiger partial charge in [0, 0.05) is 29.8 Å². The third kappa shape index (κ3) is 3.43. The summed E-state index contributed by atoms with van der Waals surface area (Å²) in [5.74, 6) is 2.52. The summed E-state index contributed by atoms with van der Waals surface area (Å²) >= 11 is 0. The zero-order valence-corrected chi connectivity index (χ0v) is 16.0. The number of hydrogen-bond donors (Lipinski definition) is 1. The first-order valence-corrected chi connectivity index (χ1v) is 8.70. The number of ether oxygens (including phenoxy) is 4. The minimum Gasteiger partial charge on any atom is -0.493 e. The summed E-state index contributed by atoms with van der Waals surface area (Å²) < 4.78 is 22.0. The molecule has 0 aliphatic heterocycles. The Labute approximate surface area is 158 Å². The van der Waals surface area contributed by atoms with Crippen molar-refractivity contribution >= 4 is 16.5 Å². The van der Waals surface area contributed by atoms with Gasteiger partial charge in [0.1, 0.15) is 5.75 Å². The summed E-state index contributed by atoms with van der Waals surface area (Å²) in [4.78, 5) is 4.37. The van der Waals surface area contributed by atoms with Gasteiger partial charge < -0.3 is 24.7 Å². The molecule has 0 saturated heterocycles. The molecule has 1 aromatic heterocycles. The van der Waals surface area contributed by atoms with E-state index in [1.807, 2.05) is 37.4 Å². The number of anilines is 1. The molecule has 142 valence electrons. The normalized spacial score (nSPS) is 10.7. The standard InChI is InChI=1S/C21H24N2O4/c1-5-27-17-9-7-15-14(11-23-12-16(15)19(17)22)10-13-6-8-18(24-2)21(26-4)20(13)25-3/h6-9,11-12H,5,10,22H2,1-4H3. The fraction of sp³-hybridized carbons (Fsp3) is 0.286. The molecule has 6 nitrogen and oxygen atoms in total. The highest BCUT2D eigenvalue weighted by molar-refractivity contribution is 5.97. The molecule has 3 rings (SSSR count). The van der Waals surface area contributed by atoms with Crippen LogP contribution in [-0.4, -0.2) is 32.9 Å².